The summed E-state index contributed by atoms with van der Waals surface area (Å²) in [6, 6.07) is 11.3. The first-order chi connectivity index (χ1) is 10.9. The summed E-state index contributed by atoms with van der Waals surface area (Å²) in [5, 5.41) is 3.58. The highest BCUT2D eigenvalue weighted by atomic mass is 19.4. The summed E-state index contributed by atoms with van der Waals surface area (Å²) in [5.74, 6) is -0.0614. The molecule has 0 bridgehead atoms. The van der Waals surface area contributed by atoms with Crippen LogP contribution in [0.2, 0.25) is 0 Å². The largest absolute Gasteiger partial charge is 0.497 e. The molecule has 0 unspecified atom stereocenters. The molecular weight excluding hydrogens is 309 g/mol. The van der Waals surface area contributed by atoms with E-state index in [-0.39, 0.29) is 11.1 Å². The van der Waals surface area contributed by atoms with Crippen molar-refractivity contribution in [2.24, 2.45) is 5.10 Å². The Morgan fingerprint density at radius 2 is 1.91 bits per heavy atom. The first kappa shape index (κ1) is 16.5. The van der Waals surface area contributed by atoms with E-state index in [4.69, 9.17) is 4.74 Å². The van der Waals surface area contributed by atoms with Crippen molar-refractivity contribution in [1.82, 2.24) is 5.43 Å². The molecule has 0 atom stereocenters. The molecule has 0 saturated heterocycles. The molecule has 0 aliphatic rings. The lowest BCUT2D eigenvalue weighted by Gasteiger charge is -2.09. The number of rotatable bonds is 4. The first-order valence-corrected chi connectivity index (χ1v) is 6.55. The van der Waals surface area contributed by atoms with Gasteiger partial charge in [-0.3, -0.25) is 4.79 Å². The minimum atomic E-state index is -4.49. The van der Waals surface area contributed by atoms with Crippen molar-refractivity contribution < 1.29 is 22.7 Å². The van der Waals surface area contributed by atoms with E-state index >= 15 is 0 Å². The lowest BCUT2D eigenvalue weighted by atomic mass is 10.1. The summed E-state index contributed by atoms with van der Waals surface area (Å²) < 4.78 is 43.4. The highest BCUT2D eigenvalue weighted by Gasteiger charge is 2.32. The number of halogens is 3. The SMILES string of the molecule is COc1cccc(C(=O)N/N=C/c2ccccc2C(F)(F)F)c1. The first-order valence-electron chi connectivity index (χ1n) is 6.55. The molecule has 0 aromatic heterocycles. The van der Waals surface area contributed by atoms with Gasteiger partial charge in [0.25, 0.3) is 5.91 Å². The number of hydrogen-bond donors (Lipinski definition) is 1. The summed E-state index contributed by atoms with van der Waals surface area (Å²) >= 11 is 0. The van der Waals surface area contributed by atoms with Crippen LogP contribution in [0.4, 0.5) is 13.2 Å². The second-order valence-electron chi connectivity index (χ2n) is 4.52. The monoisotopic (exact) mass is 322 g/mol. The topological polar surface area (TPSA) is 50.7 Å². The molecule has 0 heterocycles. The fourth-order valence-electron chi connectivity index (χ4n) is 1.86. The molecule has 0 spiro atoms. The van der Waals surface area contributed by atoms with Crippen LogP contribution in [-0.4, -0.2) is 19.2 Å². The molecule has 2 aromatic carbocycles. The van der Waals surface area contributed by atoms with E-state index in [1.807, 2.05) is 0 Å². The third-order valence-electron chi connectivity index (χ3n) is 2.97. The quantitative estimate of drug-likeness (QED) is 0.692. The van der Waals surface area contributed by atoms with E-state index in [1.165, 1.54) is 37.4 Å². The van der Waals surface area contributed by atoms with Crippen molar-refractivity contribution in [2.45, 2.75) is 6.18 Å². The Morgan fingerprint density at radius 3 is 2.61 bits per heavy atom. The van der Waals surface area contributed by atoms with Crippen molar-refractivity contribution in [1.29, 1.82) is 0 Å². The van der Waals surface area contributed by atoms with Crippen LogP contribution in [0.1, 0.15) is 21.5 Å². The Bertz CT molecular complexity index is 727. The summed E-state index contributed by atoms with van der Waals surface area (Å²) in [5.41, 5.74) is 1.51. The lowest BCUT2D eigenvalue weighted by molar-refractivity contribution is -0.137. The van der Waals surface area contributed by atoms with Crippen molar-refractivity contribution >= 4 is 12.1 Å². The Hall–Kier alpha value is -2.83. The van der Waals surface area contributed by atoms with Crippen molar-refractivity contribution in [3.05, 3.63) is 65.2 Å². The van der Waals surface area contributed by atoms with Gasteiger partial charge >= 0.3 is 6.18 Å². The van der Waals surface area contributed by atoms with Crippen LogP contribution in [0, 0.1) is 0 Å². The summed E-state index contributed by atoms with van der Waals surface area (Å²) in [6.07, 6.45) is -3.53. The fraction of sp³-hybridized carbons (Fsp3) is 0.125. The van der Waals surface area contributed by atoms with Crippen LogP contribution in [0.3, 0.4) is 0 Å². The molecule has 4 nitrogen and oxygen atoms in total. The predicted molar refractivity (Wildman–Crippen MR) is 79.5 cm³/mol. The Labute approximate surface area is 130 Å². The number of methoxy groups -OCH3 is 1. The van der Waals surface area contributed by atoms with Gasteiger partial charge in [0.05, 0.1) is 18.9 Å². The minimum absolute atomic E-state index is 0.133. The number of hydrazone groups is 1. The second kappa shape index (κ2) is 6.95. The van der Waals surface area contributed by atoms with Crippen LogP contribution < -0.4 is 10.2 Å². The van der Waals surface area contributed by atoms with Gasteiger partial charge in [0.1, 0.15) is 5.75 Å². The van der Waals surface area contributed by atoms with Gasteiger partial charge in [0, 0.05) is 11.1 Å². The van der Waals surface area contributed by atoms with Gasteiger partial charge in [-0.1, -0.05) is 24.3 Å². The summed E-state index contributed by atoms with van der Waals surface area (Å²) in [4.78, 5) is 11.9. The molecule has 1 amide bonds. The molecule has 0 aliphatic heterocycles. The zero-order valence-electron chi connectivity index (χ0n) is 12.1. The van der Waals surface area contributed by atoms with Crippen molar-refractivity contribution in [3.8, 4) is 5.75 Å². The van der Waals surface area contributed by atoms with Gasteiger partial charge in [-0.15, -0.1) is 0 Å². The molecule has 0 fully saturated rings. The average Bonchev–Trinajstić information content (AvgIpc) is 2.54. The van der Waals surface area contributed by atoms with Gasteiger partial charge in [0.2, 0.25) is 0 Å². The molecule has 7 heteroatoms. The smallest absolute Gasteiger partial charge is 0.417 e. The van der Waals surface area contributed by atoms with E-state index < -0.39 is 17.6 Å². The van der Waals surface area contributed by atoms with Gasteiger partial charge in [-0.2, -0.15) is 18.3 Å². The molecule has 0 radical (unpaired) electrons. The number of carbonyl (C=O) groups excluding carboxylic acids is 1. The van der Waals surface area contributed by atoms with Gasteiger partial charge in [-0.25, -0.2) is 5.43 Å². The third kappa shape index (κ3) is 4.32. The number of ether oxygens (including phenoxy) is 1. The van der Waals surface area contributed by atoms with E-state index in [2.05, 4.69) is 10.5 Å². The minimum Gasteiger partial charge on any atom is -0.497 e. The molecule has 120 valence electrons. The second-order valence-corrected chi connectivity index (χ2v) is 4.52. The molecular formula is C16H13F3N2O2. The van der Waals surface area contributed by atoms with E-state index in [9.17, 15) is 18.0 Å². The fourth-order valence-corrected chi connectivity index (χ4v) is 1.86. The Kier molecular flexibility index (Phi) is 5.00. The molecule has 2 rings (SSSR count). The maximum absolute atomic E-state index is 12.8. The number of nitrogens with zero attached hydrogens (tertiary/aromatic N) is 1. The van der Waals surface area contributed by atoms with E-state index in [1.54, 1.807) is 12.1 Å². The van der Waals surface area contributed by atoms with Gasteiger partial charge < -0.3 is 4.74 Å². The third-order valence-corrected chi connectivity index (χ3v) is 2.97. The van der Waals surface area contributed by atoms with Crippen LogP contribution in [0.15, 0.2) is 53.6 Å². The molecule has 0 aliphatic carbocycles. The van der Waals surface area contributed by atoms with Crippen molar-refractivity contribution in [3.63, 3.8) is 0 Å². The lowest BCUT2D eigenvalue weighted by Crippen LogP contribution is -2.18. The number of carbonyl (C=O) groups is 1. The highest BCUT2D eigenvalue weighted by molar-refractivity contribution is 5.95. The van der Waals surface area contributed by atoms with Crippen LogP contribution in [0.25, 0.3) is 0 Å². The normalized spacial score (nSPS) is 11.5. The average molecular weight is 322 g/mol. The van der Waals surface area contributed by atoms with E-state index in [0.717, 1.165) is 12.3 Å². The zero-order valence-corrected chi connectivity index (χ0v) is 12.1. The van der Waals surface area contributed by atoms with E-state index in [0.29, 0.717) is 5.75 Å². The standard InChI is InChI=1S/C16H13F3N2O2/c1-23-13-7-4-6-11(9-13)15(22)21-20-10-12-5-2-3-8-14(12)16(17,18)19/h2-10H,1H3,(H,21,22)/b20-10+. The van der Waals surface area contributed by atoms with Gasteiger partial charge in [-0.05, 0) is 24.3 Å². The summed E-state index contributed by atoms with van der Waals surface area (Å²) in [6.45, 7) is 0. The number of hydrogen-bond acceptors (Lipinski definition) is 3. The van der Waals surface area contributed by atoms with Crippen LogP contribution >= 0.6 is 0 Å². The van der Waals surface area contributed by atoms with Gasteiger partial charge in [0.15, 0.2) is 0 Å². The zero-order chi connectivity index (χ0) is 16.9. The van der Waals surface area contributed by atoms with Crippen molar-refractivity contribution in [2.75, 3.05) is 7.11 Å². The molecule has 2 aromatic rings. The molecule has 1 N–H and O–H groups in total. The highest BCUT2D eigenvalue weighted by Crippen LogP contribution is 2.31. The maximum atomic E-state index is 12.8. The Balaban J connectivity index is 2.12. The van der Waals surface area contributed by atoms with Crippen LogP contribution in [-0.2, 0) is 6.18 Å². The number of benzene rings is 2. The summed E-state index contributed by atoms with van der Waals surface area (Å²) in [7, 11) is 1.46. The number of amides is 1. The Morgan fingerprint density at radius 1 is 1.17 bits per heavy atom. The predicted octanol–water partition coefficient (Wildman–Crippen LogP) is 3.48. The number of nitrogens with one attached hydrogen (secondary N) is 1. The molecule has 23 heavy (non-hydrogen) atoms. The van der Waals surface area contributed by atoms with Crippen LogP contribution in [0.5, 0.6) is 5.75 Å². The molecule has 0 saturated carbocycles. The number of alkyl halides is 3. The maximum Gasteiger partial charge on any atom is 0.417 e.